The molecule has 5 nitrogen and oxygen atoms in total. The SMILES string of the molecule is CCN1C(=O)CC(NCCN(C)C2CC2)C1=O. The molecule has 1 atom stereocenters. The first-order valence-electron chi connectivity index (χ1n) is 6.41. The molecular formula is C12H21N3O2. The van der Waals surface area contributed by atoms with Crippen molar-refractivity contribution in [1.29, 1.82) is 0 Å². The fourth-order valence-corrected chi connectivity index (χ4v) is 2.29. The molecule has 2 fully saturated rings. The highest BCUT2D eigenvalue weighted by atomic mass is 16.2. The van der Waals surface area contributed by atoms with E-state index < -0.39 is 0 Å². The quantitative estimate of drug-likeness (QED) is 0.653. The summed E-state index contributed by atoms with van der Waals surface area (Å²) in [5, 5.41) is 3.19. The van der Waals surface area contributed by atoms with Gasteiger partial charge in [-0.05, 0) is 26.8 Å². The van der Waals surface area contributed by atoms with E-state index in [1.807, 2.05) is 6.92 Å². The van der Waals surface area contributed by atoms with Crippen LogP contribution in [0.4, 0.5) is 0 Å². The fourth-order valence-electron chi connectivity index (χ4n) is 2.29. The smallest absolute Gasteiger partial charge is 0.246 e. The summed E-state index contributed by atoms with van der Waals surface area (Å²) in [6.45, 7) is 4.03. The second kappa shape index (κ2) is 5.14. The van der Waals surface area contributed by atoms with E-state index in [2.05, 4.69) is 17.3 Å². The van der Waals surface area contributed by atoms with Gasteiger partial charge >= 0.3 is 0 Å². The number of likely N-dealkylation sites (N-methyl/N-ethyl adjacent to an activating group) is 2. The lowest BCUT2D eigenvalue weighted by molar-refractivity contribution is -0.138. The summed E-state index contributed by atoms with van der Waals surface area (Å²) in [5.74, 6) is -0.114. The average molecular weight is 239 g/mol. The first kappa shape index (κ1) is 12.5. The molecule has 1 unspecified atom stereocenters. The topological polar surface area (TPSA) is 52.7 Å². The zero-order chi connectivity index (χ0) is 12.4. The predicted octanol–water partition coefficient (Wildman–Crippen LogP) is -0.182. The summed E-state index contributed by atoms with van der Waals surface area (Å²) < 4.78 is 0. The summed E-state index contributed by atoms with van der Waals surface area (Å²) in [6.07, 6.45) is 2.90. The molecule has 0 radical (unpaired) electrons. The van der Waals surface area contributed by atoms with Gasteiger partial charge in [0, 0.05) is 25.7 Å². The van der Waals surface area contributed by atoms with Crippen LogP contribution in [0.15, 0.2) is 0 Å². The number of rotatable bonds is 6. The van der Waals surface area contributed by atoms with Gasteiger partial charge in [0.25, 0.3) is 0 Å². The Morgan fingerprint density at radius 1 is 1.41 bits per heavy atom. The van der Waals surface area contributed by atoms with Crippen molar-refractivity contribution in [3.8, 4) is 0 Å². The van der Waals surface area contributed by atoms with Crippen molar-refractivity contribution in [2.75, 3.05) is 26.7 Å². The van der Waals surface area contributed by atoms with Crippen LogP contribution in [0, 0.1) is 0 Å². The van der Waals surface area contributed by atoms with Crippen LogP contribution in [0.3, 0.4) is 0 Å². The highest BCUT2D eigenvalue weighted by Crippen LogP contribution is 2.24. The lowest BCUT2D eigenvalue weighted by atomic mass is 10.2. The molecule has 2 aliphatic rings. The van der Waals surface area contributed by atoms with Gasteiger partial charge in [-0.1, -0.05) is 0 Å². The van der Waals surface area contributed by atoms with Crippen molar-refractivity contribution < 1.29 is 9.59 Å². The lowest BCUT2D eigenvalue weighted by Crippen LogP contribution is -2.41. The number of amides is 2. The third-order valence-electron chi connectivity index (χ3n) is 3.59. The van der Waals surface area contributed by atoms with E-state index in [9.17, 15) is 9.59 Å². The summed E-state index contributed by atoms with van der Waals surface area (Å²) in [4.78, 5) is 26.9. The molecule has 5 heteroatoms. The summed E-state index contributed by atoms with van der Waals surface area (Å²) in [7, 11) is 2.11. The van der Waals surface area contributed by atoms with Crippen LogP contribution in [0.25, 0.3) is 0 Å². The van der Waals surface area contributed by atoms with Gasteiger partial charge in [-0.3, -0.25) is 14.5 Å². The van der Waals surface area contributed by atoms with E-state index in [4.69, 9.17) is 0 Å². The Morgan fingerprint density at radius 2 is 2.12 bits per heavy atom. The molecule has 2 rings (SSSR count). The Labute approximate surface area is 102 Å². The second-order valence-corrected chi connectivity index (χ2v) is 4.90. The molecule has 96 valence electrons. The Bertz CT molecular complexity index is 315. The van der Waals surface area contributed by atoms with Crippen molar-refractivity contribution in [3.05, 3.63) is 0 Å². The molecule has 1 aliphatic carbocycles. The van der Waals surface area contributed by atoms with E-state index in [0.717, 1.165) is 19.1 Å². The molecule has 0 aromatic carbocycles. The molecule has 0 aromatic rings. The zero-order valence-corrected chi connectivity index (χ0v) is 10.6. The van der Waals surface area contributed by atoms with Crippen molar-refractivity contribution in [3.63, 3.8) is 0 Å². The van der Waals surface area contributed by atoms with Crippen LogP contribution in [-0.2, 0) is 9.59 Å². The Balaban J connectivity index is 1.72. The number of hydrogen-bond donors (Lipinski definition) is 1. The van der Waals surface area contributed by atoms with Crippen LogP contribution in [-0.4, -0.2) is 60.4 Å². The largest absolute Gasteiger partial charge is 0.304 e. The summed E-state index contributed by atoms with van der Waals surface area (Å²) in [5.41, 5.74) is 0. The minimum Gasteiger partial charge on any atom is -0.304 e. The molecule has 1 saturated heterocycles. The molecule has 1 saturated carbocycles. The summed E-state index contributed by atoms with van der Waals surface area (Å²) >= 11 is 0. The first-order chi connectivity index (χ1) is 8.13. The number of imide groups is 1. The molecule has 17 heavy (non-hydrogen) atoms. The Hall–Kier alpha value is -0.940. The monoisotopic (exact) mass is 239 g/mol. The molecule has 1 N–H and O–H groups in total. The minimum atomic E-state index is -0.296. The number of carbonyl (C=O) groups is 2. The maximum absolute atomic E-state index is 11.8. The van der Waals surface area contributed by atoms with Gasteiger partial charge in [0.15, 0.2) is 0 Å². The molecular weight excluding hydrogens is 218 g/mol. The van der Waals surface area contributed by atoms with E-state index in [1.54, 1.807) is 0 Å². The average Bonchev–Trinajstić information content (AvgIpc) is 3.08. The Kier molecular flexibility index (Phi) is 3.79. The van der Waals surface area contributed by atoms with E-state index >= 15 is 0 Å². The van der Waals surface area contributed by atoms with Crippen molar-refractivity contribution in [1.82, 2.24) is 15.1 Å². The Morgan fingerprint density at radius 3 is 2.65 bits per heavy atom. The highest BCUT2D eigenvalue weighted by Gasteiger charge is 2.37. The second-order valence-electron chi connectivity index (χ2n) is 4.90. The highest BCUT2D eigenvalue weighted by molar-refractivity contribution is 6.05. The normalized spacial score (nSPS) is 25.1. The lowest BCUT2D eigenvalue weighted by Gasteiger charge is -2.17. The fraction of sp³-hybridized carbons (Fsp3) is 0.833. The number of likely N-dealkylation sites (tertiary alicyclic amines) is 1. The van der Waals surface area contributed by atoms with Crippen LogP contribution in [0.5, 0.6) is 0 Å². The maximum atomic E-state index is 11.8. The maximum Gasteiger partial charge on any atom is 0.246 e. The number of hydrogen-bond acceptors (Lipinski definition) is 4. The molecule has 1 aliphatic heterocycles. The van der Waals surface area contributed by atoms with Crippen molar-refractivity contribution in [2.45, 2.75) is 38.3 Å². The minimum absolute atomic E-state index is 0.0504. The van der Waals surface area contributed by atoms with Crippen molar-refractivity contribution in [2.24, 2.45) is 0 Å². The zero-order valence-electron chi connectivity index (χ0n) is 10.6. The van der Waals surface area contributed by atoms with E-state index in [-0.39, 0.29) is 17.9 Å². The first-order valence-corrected chi connectivity index (χ1v) is 6.41. The third-order valence-corrected chi connectivity index (χ3v) is 3.59. The molecule has 1 heterocycles. The van der Waals surface area contributed by atoms with Gasteiger partial charge in [0.2, 0.25) is 11.8 Å². The van der Waals surface area contributed by atoms with Crippen LogP contribution < -0.4 is 5.32 Å². The van der Waals surface area contributed by atoms with Gasteiger partial charge in [-0.2, -0.15) is 0 Å². The molecule has 0 spiro atoms. The molecule has 0 aromatic heterocycles. The number of carbonyl (C=O) groups excluding carboxylic acids is 2. The van der Waals surface area contributed by atoms with Gasteiger partial charge in [-0.15, -0.1) is 0 Å². The van der Waals surface area contributed by atoms with Crippen LogP contribution in [0.1, 0.15) is 26.2 Å². The summed E-state index contributed by atoms with van der Waals surface area (Å²) in [6, 6.07) is 0.444. The molecule has 2 amide bonds. The standard InChI is InChI=1S/C12H21N3O2/c1-3-15-11(16)8-10(12(15)17)13-6-7-14(2)9-4-5-9/h9-10,13H,3-8H2,1-2H3. The van der Waals surface area contributed by atoms with Crippen LogP contribution in [0.2, 0.25) is 0 Å². The van der Waals surface area contributed by atoms with Crippen LogP contribution >= 0.6 is 0 Å². The number of nitrogens with one attached hydrogen (secondary N) is 1. The van der Waals surface area contributed by atoms with Gasteiger partial charge in [-0.25, -0.2) is 0 Å². The third kappa shape index (κ3) is 2.84. The molecule has 0 bridgehead atoms. The predicted molar refractivity (Wildman–Crippen MR) is 64.5 cm³/mol. The van der Waals surface area contributed by atoms with Gasteiger partial charge in [0.1, 0.15) is 0 Å². The van der Waals surface area contributed by atoms with Gasteiger partial charge in [0.05, 0.1) is 12.5 Å². The van der Waals surface area contributed by atoms with E-state index in [1.165, 1.54) is 17.7 Å². The van der Waals surface area contributed by atoms with E-state index in [0.29, 0.717) is 13.0 Å². The number of nitrogens with zero attached hydrogens (tertiary/aromatic N) is 2. The van der Waals surface area contributed by atoms with Gasteiger partial charge < -0.3 is 10.2 Å². The van der Waals surface area contributed by atoms with Crippen molar-refractivity contribution >= 4 is 11.8 Å².